The van der Waals surface area contributed by atoms with Crippen molar-refractivity contribution in [3.63, 3.8) is 0 Å². The Morgan fingerprint density at radius 3 is 2.35 bits per heavy atom. The molecule has 1 aromatic heterocycles. The van der Waals surface area contributed by atoms with Crippen LogP contribution in [0.4, 0.5) is 0 Å². The molecule has 20 heavy (non-hydrogen) atoms. The van der Waals surface area contributed by atoms with Gasteiger partial charge in [-0.15, -0.1) is 0 Å². The van der Waals surface area contributed by atoms with Crippen molar-refractivity contribution >= 4 is 5.97 Å². The molecule has 0 saturated carbocycles. The molecule has 2 heterocycles. The number of rotatable bonds is 4. The third-order valence-electron chi connectivity index (χ3n) is 3.30. The summed E-state index contributed by atoms with van der Waals surface area (Å²) in [5.41, 5.74) is -0.133. The number of nitrogens with zero attached hydrogens (tertiary/aromatic N) is 4. The predicted molar refractivity (Wildman–Crippen MR) is 72.4 cm³/mol. The molecule has 0 spiro atoms. The molecule has 0 unspecified atom stereocenters. The minimum Gasteiger partial charge on any atom is -0.480 e. The number of hydrogen-bond acceptors (Lipinski definition) is 6. The molecule has 1 aliphatic heterocycles. The van der Waals surface area contributed by atoms with E-state index < -0.39 is 5.97 Å². The summed E-state index contributed by atoms with van der Waals surface area (Å²) >= 11 is 0. The summed E-state index contributed by atoms with van der Waals surface area (Å²) < 4.78 is 5.27. The van der Waals surface area contributed by atoms with Gasteiger partial charge in [-0.05, 0) is 0 Å². The highest BCUT2D eigenvalue weighted by Gasteiger charge is 2.24. The average molecular weight is 282 g/mol. The largest absolute Gasteiger partial charge is 0.480 e. The first kappa shape index (κ1) is 14.9. The Morgan fingerprint density at radius 1 is 1.25 bits per heavy atom. The SMILES string of the molecule is CC(C)(C)c1nc(CN2CCN(CC(=O)O)CC2)no1. The zero-order chi connectivity index (χ0) is 14.8. The zero-order valence-corrected chi connectivity index (χ0v) is 12.3. The molecule has 1 aromatic rings. The second-order valence-electron chi connectivity index (χ2n) is 6.21. The van der Waals surface area contributed by atoms with Crippen molar-refractivity contribution < 1.29 is 14.4 Å². The number of piperazine rings is 1. The molecule has 112 valence electrons. The number of carboxylic acids is 1. The molecule has 2 rings (SSSR count). The number of aromatic nitrogens is 2. The van der Waals surface area contributed by atoms with Crippen LogP contribution in [0.15, 0.2) is 4.52 Å². The maximum absolute atomic E-state index is 10.6. The van der Waals surface area contributed by atoms with E-state index in [0.717, 1.165) is 26.2 Å². The summed E-state index contributed by atoms with van der Waals surface area (Å²) in [4.78, 5) is 19.2. The molecule has 0 bridgehead atoms. The van der Waals surface area contributed by atoms with Crippen LogP contribution in [0, 0.1) is 0 Å². The fourth-order valence-corrected chi connectivity index (χ4v) is 2.12. The first-order valence-corrected chi connectivity index (χ1v) is 6.84. The lowest BCUT2D eigenvalue weighted by Crippen LogP contribution is -2.47. The van der Waals surface area contributed by atoms with Gasteiger partial charge in [-0.25, -0.2) is 0 Å². The minimum atomic E-state index is -0.772. The summed E-state index contributed by atoms with van der Waals surface area (Å²) in [7, 11) is 0. The maximum Gasteiger partial charge on any atom is 0.317 e. The summed E-state index contributed by atoms with van der Waals surface area (Å²) in [5.74, 6) is 0.574. The molecular formula is C13H22N4O3. The van der Waals surface area contributed by atoms with Crippen molar-refractivity contribution in [3.8, 4) is 0 Å². The van der Waals surface area contributed by atoms with Crippen molar-refractivity contribution in [1.82, 2.24) is 19.9 Å². The van der Waals surface area contributed by atoms with Crippen molar-refractivity contribution in [2.75, 3.05) is 32.7 Å². The number of carboxylic acid groups (broad SMARTS) is 1. The van der Waals surface area contributed by atoms with Gasteiger partial charge in [0.15, 0.2) is 5.82 Å². The Bertz CT molecular complexity index is 458. The Balaban J connectivity index is 1.84. The van der Waals surface area contributed by atoms with Gasteiger partial charge in [0.2, 0.25) is 5.89 Å². The average Bonchev–Trinajstić information content (AvgIpc) is 2.79. The highest BCUT2D eigenvalue weighted by molar-refractivity contribution is 5.69. The van der Waals surface area contributed by atoms with Gasteiger partial charge in [-0.2, -0.15) is 4.98 Å². The summed E-state index contributed by atoms with van der Waals surface area (Å²) in [6.45, 7) is 10.1. The van der Waals surface area contributed by atoms with Gasteiger partial charge in [-0.1, -0.05) is 25.9 Å². The van der Waals surface area contributed by atoms with Crippen LogP contribution in [0.3, 0.4) is 0 Å². The van der Waals surface area contributed by atoms with Crippen LogP contribution < -0.4 is 0 Å². The van der Waals surface area contributed by atoms with Gasteiger partial charge in [0.25, 0.3) is 0 Å². The second kappa shape index (κ2) is 5.88. The Morgan fingerprint density at radius 2 is 1.85 bits per heavy atom. The summed E-state index contributed by atoms with van der Waals surface area (Å²) in [6.07, 6.45) is 0. The fourth-order valence-electron chi connectivity index (χ4n) is 2.12. The zero-order valence-electron chi connectivity index (χ0n) is 12.3. The third-order valence-corrected chi connectivity index (χ3v) is 3.30. The molecular weight excluding hydrogens is 260 g/mol. The quantitative estimate of drug-likeness (QED) is 0.864. The molecule has 1 N–H and O–H groups in total. The van der Waals surface area contributed by atoms with Crippen LogP contribution in [0.25, 0.3) is 0 Å². The molecule has 7 heteroatoms. The molecule has 1 saturated heterocycles. The normalized spacial score (nSPS) is 18.4. The molecule has 1 aliphatic rings. The van der Waals surface area contributed by atoms with E-state index in [-0.39, 0.29) is 12.0 Å². The van der Waals surface area contributed by atoms with Gasteiger partial charge in [0, 0.05) is 31.6 Å². The fraction of sp³-hybridized carbons (Fsp3) is 0.769. The van der Waals surface area contributed by atoms with Crippen LogP contribution in [0.2, 0.25) is 0 Å². The monoisotopic (exact) mass is 282 g/mol. The minimum absolute atomic E-state index is 0.115. The topological polar surface area (TPSA) is 82.7 Å². The van der Waals surface area contributed by atoms with Crippen molar-refractivity contribution in [3.05, 3.63) is 11.7 Å². The molecule has 0 aromatic carbocycles. The van der Waals surface area contributed by atoms with Gasteiger partial charge in [0.05, 0.1) is 13.1 Å². The lowest BCUT2D eigenvalue weighted by molar-refractivity contribution is -0.138. The van der Waals surface area contributed by atoms with Gasteiger partial charge >= 0.3 is 5.97 Å². The molecule has 0 aliphatic carbocycles. The molecule has 0 amide bonds. The number of hydrogen-bond donors (Lipinski definition) is 1. The van der Waals surface area contributed by atoms with Crippen LogP contribution >= 0.6 is 0 Å². The third kappa shape index (κ3) is 4.01. The predicted octanol–water partition coefficient (Wildman–Crippen LogP) is 0.569. The Hall–Kier alpha value is -1.47. The lowest BCUT2D eigenvalue weighted by atomic mass is 9.97. The van der Waals surface area contributed by atoms with E-state index in [1.165, 1.54) is 0 Å². The summed E-state index contributed by atoms with van der Waals surface area (Å²) in [5, 5.41) is 12.8. The molecule has 7 nitrogen and oxygen atoms in total. The lowest BCUT2D eigenvalue weighted by Gasteiger charge is -2.32. The molecule has 0 atom stereocenters. The van der Waals surface area contributed by atoms with Crippen LogP contribution in [-0.2, 0) is 16.8 Å². The number of aliphatic carboxylic acids is 1. The van der Waals surface area contributed by atoms with Crippen LogP contribution in [0.5, 0.6) is 0 Å². The van der Waals surface area contributed by atoms with E-state index in [2.05, 4.69) is 15.0 Å². The first-order chi connectivity index (χ1) is 9.34. The van der Waals surface area contributed by atoms with E-state index in [9.17, 15) is 4.79 Å². The molecule has 0 radical (unpaired) electrons. The van der Waals surface area contributed by atoms with Crippen LogP contribution in [-0.4, -0.2) is 63.7 Å². The van der Waals surface area contributed by atoms with E-state index in [1.807, 2.05) is 25.7 Å². The highest BCUT2D eigenvalue weighted by Crippen LogP contribution is 2.20. The standard InChI is InChI=1S/C13H22N4O3/c1-13(2,3)12-14-10(15-20-12)8-16-4-6-17(7-5-16)9-11(18)19/h4-9H2,1-3H3,(H,18,19). The maximum atomic E-state index is 10.6. The van der Waals surface area contributed by atoms with Crippen molar-refractivity contribution in [1.29, 1.82) is 0 Å². The molecule has 1 fully saturated rings. The van der Waals surface area contributed by atoms with E-state index >= 15 is 0 Å². The Kier molecular flexibility index (Phi) is 4.39. The van der Waals surface area contributed by atoms with Crippen molar-refractivity contribution in [2.24, 2.45) is 0 Å². The van der Waals surface area contributed by atoms with E-state index in [1.54, 1.807) is 0 Å². The smallest absolute Gasteiger partial charge is 0.317 e. The highest BCUT2D eigenvalue weighted by atomic mass is 16.5. The van der Waals surface area contributed by atoms with Gasteiger partial charge in [-0.3, -0.25) is 14.6 Å². The van der Waals surface area contributed by atoms with Crippen molar-refractivity contribution in [2.45, 2.75) is 32.7 Å². The summed E-state index contributed by atoms with van der Waals surface area (Å²) in [6, 6.07) is 0. The first-order valence-electron chi connectivity index (χ1n) is 6.84. The second-order valence-corrected chi connectivity index (χ2v) is 6.21. The van der Waals surface area contributed by atoms with Gasteiger partial charge in [0.1, 0.15) is 0 Å². The van der Waals surface area contributed by atoms with Crippen LogP contribution in [0.1, 0.15) is 32.5 Å². The van der Waals surface area contributed by atoms with Gasteiger partial charge < -0.3 is 9.63 Å². The van der Waals surface area contributed by atoms with E-state index in [0.29, 0.717) is 18.3 Å². The van der Waals surface area contributed by atoms with E-state index in [4.69, 9.17) is 9.63 Å². The Labute approximate surface area is 118 Å². The number of carbonyl (C=O) groups is 1.